The van der Waals surface area contributed by atoms with Crippen LogP contribution in [0, 0.1) is 0 Å². The maximum absolute atomic E-state index is 4.66. The van der Waals surface area contributed by atoms with E-state index in [9.17, 15) is 0 Å². The van der Waals surface area contributed by atoms with E-state index in [-0.39, 0.29) is 5.54 Å². The number of hydrogen-bond acceptors (Lipinski definition) is 3. The minimum absolute atomic E-state index is 0.0148. The summed E-state index contributed by atoms with van der Waals surface area (Å²) in [5, 5.41) is 9.75. The highest BCUT2D eigenvalue weighted by Crippen LogP contribution is 2.23. The Kier molecular flexibility index (Phi) is 4.96. The molecule has 0 bridgehead atoms. The molecular formula is C16H22N4S. The van der Waals surface area contributed by atoms with Crippen molar-refractivity contribution in [1.29, 1.82) is 0 Å². The van der Waals surface area contributed by atoms with Gasteiger partial charge in [-0.05, 0) is 20.8 Å². The molecule has 1 aromatic carbocycles. The van der Waals surface area contributed by atoms with Crippen molar-refractivity contribution < 1.29 is 0 Å². The number of guanidine groups is 1. The lowest BCUT2D eigenvalue weighted by molar-refractivity contribution is 0.501. The molecule has 2 aromatic rings. The minimum Gasteiger partial charge on any atom is -0.352 e. The average molecular weight is 302 g/mol. The standard InChI is InChI=1S/C16H22N4S/c1-16(2,3)20-15(17-4)18-10-13-11-21-14(19-13)12-8-6-5-7-9-12/h5-9,11H,10H2,1-4H3,(H2,17,18,20). The van der Waals surface area contributed by atoms with Gasteiger partial charge in [0.15, 0.2) is 5.96 Å². The molecule has 112 valence electrons. The van der Waals surface area contributed by atoms with Gasteiger partial charge in [-0.2, -0.15) is 0 Å². The summed E-state index contributed by atoms with van der Waals surface area (Å²) < 4.78 is 0. The molecule has 2 rings (SSSR count). The number of nitrogens with one attached hydrogen (secondary N) is 2. The zero-order valence-corrected chi connectivity index (χ0v) is 13.8. The molecule has 0 aliphatic carbocycles. The Morgan fingerprint density at radius 2 is 1.95 bits per heavy atom. The van der Waals surface area contributed by atoms with Gasteiger partial charge >= 0.3 is 0 Å². The van der Waals surface area contributed by atoms with E-state index in [0.717, 1.165) is 22.2 Å². The lowest BCUT2D eigenvalue weighted by atomic mass is 10.1. The van der Waals surface area contributed by atoms with Crippen LogP contribution in [0.4, 0.5) is 0 Å². The second-order valence-electron chi connectivity index (χ2n) is 5.81. The summed E-state index contributed by atoms with van der Waals surface area (Å²) in [6, 6.07) is 10.2. The molecule has 4 nitrogen and oxygen atoms in total. The van der Waals surface area contributed by atoms with Crippen molar-refractivity contribution in [1.82, 2.24) is 15.6 Å². The van der Waals surface area contributed by atoms with E-state index >= 15 is 0 Å². The predicted molar refractivity (Wildman–Crippen MR) is 90.6 cm³/mol. The number of thiazole rings is 1. The van der Waals surface area contributed by atoms with E-state index in [0.29, 0.717) is 6.54 Å². The molecule has 0 saturated heterocycles. The summed E-state index contributed by atoms with van der Waals surface area (Å²) in [4.78, 5) is 8.88. The van der Waals surface area contributed by atoms with Crippen LogP contribution in [0.2, 0.25) is 0 Å². The summed E-state index contributed by atoms with van der Waals surface area (Å²) in [6.07, 6.45) is 0. The van der Waals surface area contributed by atoms with E-state index < -0.39 is 0 Å². The zero-order valence-electron chi connectivity index (χ0n) is 13.0. The molecule has 0 aliphatic heterocycles. The Hall–Kier alpha value is -1.88. The monoisotopic (exact) mass is 302 g/mol. The fraction of sp³-hybridized carbons (Fsp3) is 0.375. The van der Waals surface area contributed by atoms with Crippen LogP contribution in [-0.4, -0.2) is 23.5 Å². The number of nitrogens with zero attached hydrogens (tertiary/aromatic N) is 2. The third-order valence-electron chi connectivity index (χ3n) is 2.73. The molecule has 0 saturated carbocycles. The molecule has 1 heterocycles. The number of rotatable bonds is 3. The van der Waals surface area contributed by atoms with Gasteiger partial charge in [0, 0.05) is 23.5 Å². The van der Waals surface area contributed by atoms with E-state index in [1.807, 2.05) is 18.2 Å². The van der Waals surface area contributed by atoms with E-state index in [1.54, 1.807) is 18.4 Å². The quantitative estimate of drug-likeness (QED) is 0.676. The third kappa shape index (κ3) is 4.86. The van der Waals surface area contributed by atoms with Gasteiger partial charge in [0.2, 0.25) is 0 Å². The second kappa shape index (κ2) is 6.72. The molecule has 0 aliphatic rings. The highest BCUT2D eigenvalue weighted by Gasteiger charge is 2.12. The van der Waals surface area contributed by atoms with Crippen molar-refractivity contribution in [3.8, 4) is 10.6 Å². The molecule has 0 atom stereocenters. The molecule has 0 spiro atoms. The maximum atomic E-state index is 4.66. The summed E-state index contributed by atoms with van der Waals surface area (Å²) in [7, 11) is 1.78. The first-order chi connectivity index (χ1) is 9.98. The van der Waals surface area contributed by atoms with Crippen molar-refractivity contribution in [2.75, 3.05) is 7.05 Å². The normalized spacial score (nSPS) is 12.3. The Morgan fingerprint density at radius 3 is 2.57 bits per heavy atom. The van der Waals surface area contributed by atoms with Crippen LogP contribution in [-0.2, 0) is 6.54 Å². The Balaban J connectivity index is 1.97. The van der Waals surface area contributed by atoms with Crippen molar-refractivity contribution in [2.45, 2.75) is 32.9 Å². The summed E-state index contributed by atoms with van der Waals surface area (Å²) in [6.45, 7) is 6.99. The first kappa shape index (κ1) is 15.5. The Morgan fingerprint density at radius 1 is 1.24 bits per heavy atom. The molecule has 5 heteroatoms. The Labute approximate surface area is 130 Å². The van der Waals surface area contributed by atoms with Crippen LogP contribution in [0.25, 0.3) is 10.6 Å². The minimum atomic E-state index is -0.0148. The average Bonchev–Trinajstić information content (AvgIpc) is 2.92. The summed E-state index contributed by atoms with van der Waals surface area (Å²) >= 11 is 1.66. The third-order valence-corrected chi connectivity index (χ3v) is 3.67. The van der Waals surface area contributed by atoms with Gasteiger partial charge in [-0.1, -0.05) is 30.3 Å². The second-order valence-corrected chi connectivity index (χ2v) is 6.67. The lowest BCUT2D eigenvalue weighted by Gasteiger charge is -2.23. The molecule has 0 amide bonds. The van der Waals surface area contributed by atoms with Crippen molar-refractivity contribution in [2.24, 2.45) is 4.99 Å². The van der Waals surface area contributed by atoms with E-state index in [1.165, 1.54) is 0 Å². The highest BCUT2D eigenvalue weighted by atomic mass is 32.1. The van der Waals surface area contributed by atoms with Gasteiger partial charge in [0.05, 0.1) is 12.2 Å². The van der Waals surface area contributed by atoms with Crippen LogP contribution in [0.5, 0.6) is 0 Å². The van der Waals surface area contributed by atoms with E-state index in [4.69, 9.17) is 0 Å². The number of benzene rings is 1. The first-order valence-corrected chi connectivity index (χ1v) is 7.84. The number of aromatic nitrogens is 1. The Bertz CT molecular complexity index is 596. The molecular weight excluding hydrogens is 280 g/mol. The van der Waals surface area contributed by atoms with Crippen LogP contribution in [0.1, 0.15) is 26.5 Å². The van der Waals surface area contributed by atoms with Crippen LogP contribution in [0.15, 0.2) is 40.7 Å². The molecule has 0 unspecified atom stereocenters. The van der Waals surface area contributed by atoms with Gasteiger partial charge < -0.3 is 10.6 Å². The molecule has 1 aromatic heterocycles. The fourth-order valence-corrected chi connectivity index (χ4v) is 2.64. The highest BCUT2D eigenvalue weighted by molar-refractivity contribution is 7.13. The topological polar surface area (TPSA) is 49.3 Å². The molecule has 0 radical (unpaired) electrons. The predicted octanol–water partition coefficient (Wildman–Crippen LogP) is 3.27. The van der Waals surface area contributed by atoms with Crippen molar-refractivity contribution >= 4 is 17.3 Å². The number of aliphatic imine (C=N–C) groups is 1. The zero-order chi connectivity index (χ0) is 15.3. The fourth-order valence-electron chi connectivity index (χ4n) is 1.81. The SMILES string of the molecule is CN=C(NCc1csc(-c2ccccc2)n1)NC(C)(C)C. The van der Waals surface area contributed by atoms with E-state index in [2.05, 4.69) is 58.9 Å². The van der Waals surface area contributed by atoms with Gasteiger partial charge in [-0.15, -0.1) is 11.3 Å². The van der Waals surface area contributed by atoms with Crippen LogP contribution >= 0.6 is 11.3 Å². The first-order valence-electron chi connectivity index (χ1n) is 6.96. The number of hydrogen-bond donors (Lipinski definition) is 2. The van der Waals surface area contributed by atoms with Crippen LogP contribution < -0.4 is 10.6 Å². The maximum Gasteiger partial charge on any atom is 0.191 e. The van der Waals surface area contributed by atoms with Gasteiger partial charge in [0.25, 0.3) is 0 Å². The largest absolute Gasteiger partial charge is 0.352 e. The lowest BCUT2D eigenvalue weighted by Crippen LogP contribution is -2.47. The summed E-state index contributed by atoms with van der Waals surface area (Å²) in [5.41, 5.74) is 2.17. The van der Waals surface area contributed by atoms with Gasteiger partial charge in [-0.3, -0.25) is 4.99 Å². The van der Waals surface area contributed by atoms with Crippen LogP contribution in [0.3, 0.4) is 0 Å². The smallest absolute Gasteiger partial charge is 0.191 e. The van der Waals surface area contributed by atoms with Crippen molar-refractivity contribution in [3.05, 3.63) is 41.4 Å². The molecule has 0 fully saturated rings. The van der Waals surface area contributed by atoms with Crippen molar-refractivity contribution in [3.63, 3.8) is 0 Å². The summed E-state index contributed by atoms with van der Waals surface area (Å²) in [5.74, 6) is 0.789. The molecule has 21 heavy (non-hydrogen) atoms. The van der Waals surface area contributed by atoms with Gasteiger partial charge in [-0.25, -0.2) is 4.98 Å². The van der Waals surface area contributed by atoms with Gasteiger partial charge in [0.1, 0.15) is 5.01 Å². The molecule has 2 N–H and O–H groups in total.